The minimum absolute atomic E-state index is 0.0465. The molecule has 8 heteroatoms. The van der Waals surface area contributed by atoms with E-state index < -0.39 is 11.8 Å². The summed E-state index contributed by atoms with van der Waals surface area (Å²) < 4.78 is 5.57. The van der Waals surface area contributed by atoms with Gasteiger partial charge < -0.3 is 4.74 Å². The number of hydrogen-bond acceptors (Lipinski definition) is 4. The fraction of sp³-hybridized carbons (Fsp3) is 0.190. The standard InChI is InChI=1S/C21H22ClN3O3S/c1-14(2)16-8-4-6-10-18(16)28-13-20(27)24-25-21(29)23-19(26)12-11-15-7-3-5-9-17(15)22/h3-12,14H,13H2,1-2H3,(H,24,27)(H2,23,25,26,29). The lowest BCUT2D eigenvalue weighted by Crippen LogP contribution is -2.49. The van der Waals surface area contributed by atoms with Crippen molar-refractivity contribution in [2.45, 2.75) is 19.8 Å². The van der Waals surface area contributed by atoms with E-state index in [4.69, 9.17) is 28.6 Å². The van der Waals surface area contributed by atoms with Crippen LogP contribution in [0, 0.1) is 0 Å². The van der Waals surface area contributed by atoms with E-state index in [1.54, 1.807) is 24.3 Å². The molecule has 0 aromatic heterocycles. The number of hydrazine groups is 1. The van der Waals surface area contributed by atoms with Crippen LogP contribution in [-0.4, -0.2) is 23.5 Å². The quantitative estimate of drug-likeness (QED) is 0.370. The zero-order chi connectivity index (χ0) is 21.2. The van der Waals surface area contributed by atoms with Crippen LogP contribution in [-0.2, 0) is 9.59 Å². The first-order valence-corrected chi connectivity index (χ1v) is 9.69. The molecule has 6 nitrogen and oxygen atoms in total. The summed E-state index contributed by atoms with van der Waals surface area (Å²) in [4.78, 5) is 23.8. The van der Waals surface area contributed by atoms with Crippen molar-refractivity contribution in [3.63, 3.8) is 0 Å². The molecule has 0 spiro atoms. The Balaban J connectivity index is 1.75. The van der Waals surface area contributed by atoms with Gasteiger partial charge in [0.15, 0.2) is 11.7 Å². The first-order valence-electron chi connectivity index (χ1n) is 8.91. The molecule has 2 amide bonds. The van der Waals surface area contributed by atoms with Gasteiger partial charge in [-0.3, -0.25) is 25.8 Å². The highest BCUT2D eigenvalue weighted by Crippen LogP contribution is 2.25. The molecule has 2 rings (SSSR count). The van der Waals surface area contributed by atoms with Crippen molar-refractivity contribution in [1.29, 1.82) is 0 Å². The first-order chi connectivity index (χ1) is 13.9. The van der Waals surface area contributed by atoms with Crippen LogP contribution in [0.15, 0.2) is 54.6 Å². The van der Waals surface area contributed by atoms with E-state index in [0.29, 0.717) is 16.3 Å². The Morgan fingerprint density at radius 3 is 2.52 bits per heavy atom. The lowest BCUT2D eigenvalue weighted by molar-refractivity contribution is -0.123. The van der Waals surface area contributed by atoms with Gasteiger partial charge >= 0.3 is 0 Å². The Hall–Kier alpha value is -2.90. The summed E-state index contributed by atoms with van der Waals surface area (Å²) >= 11 is 11.0. The summed E-state index contributed by atoms with van der Waals surface area (Å²) in [5, 5.41) is 2.90. The van der Waals surface area contributed by atoms with E-state index >= 15 is 0 Å². The zero-order valence-corrected chi connectivity index (χ0v) is 17.6. The van der Waals surface area contributed by atoms with Crippen LogP contribution in [0.1, 0.15) is 30.9 Å². The zero-order valence-electron chi connectivity index (χ0n) is 16.1. The summed E-state index contributed by atoms with van der Waals surface area (Å²) in [6.45, 7) is 3.90. The van der Waals surface area contributed by atoms with Gasteiger partial charge in [-0.2, -0.15) is 0 Å². The molecule has 152 valence electrons. The van der Waals surface area contributed by atoms with Crippen LogP contribution >= 0.6 is 23.8 Å². The highest BCUT2D eigenvalue weighted by atomic mass is 35.5. The van der Waals surface area contributed by atoms with Gasteiger partial charge in [0.05, 0.1) is 0 Å². The number of para-hydroxylation sites is 1. The van der Waals surface area contributed by atoms with Gasteiger partial charge in [-0.1, -0.05) is 61.8 Å². The smallest absolute Gasteiger partial charge is 0.276 e. The second-order valence-electron chi connectivity index (χ2n) is 6.33. The Morgan fingerprint density at radius 1 is 1.10 bits per heavy atom. The third kappa shape index (κ3) is 7.56. The van der Waals surface area contributed by atoms with Crippen LogP contribution in [0.2, 0.25) is 5.02 Å². The van der Waals surface area contributed by atoms with E-state index in [2.05, 4.69) is 16.2 Å². The molecule has 0 heterocycles. The molecule has 0 unspecified atom stereocenters. The number of halogens is 1. The first kappa shape index (κ1) is 22.4. The largest absolute Gasteiger partial charge is 0.483 e. The summed E-state index contributed by atoms with van der Waals surface area (Å²) in [5.41, 5.74) is 6.55. The number of benzene rings is 2. The number of nitrogens with one attached hydrogen (secondary N) is 3. The normalized spacial score (nSPS) is 10.6. The van der Waals surface area contributed by atoms with Gasteiger partial charge in [0.2, 0.25) is 5.91 Å². The number of hydrogen-bond donors (Lipinski definition) is 3. The summed E-state index contributed by atoms with van der Waals surface area (Å²) in [6.07, 6.45) is 2.86. The lowest BCUT2D eigenvalue weighted by Gasteiger charge is -2.14. The molecule has 2 aromatic carbocycles. The fourth-order valence-electron chi connectivity index (χ4n) is 2.36. The Kier molecular flexibility index (Phi) is 8.64. The molecule has 0 saturated heterocycles. The average molecular weight is 432 g/mol. The van der Waals surface area contributed by atoms with Crippen molar-refractivity contribution in [2.75, 3.05) is 6.61 Å². The number of amides is 2. The molecule has 0 aliphatic heterocycles. The predicted octanol–water partition coefficient (Wildman–Crippen LogP) is 3.58. The Labute approximate surface area is 180 Å². The summed E-state index contributed by atoms with van der Waals surface area (Å²) in [5.74, 6) is 0.0257. The number of carbonyl (C=O) groups is 2. The molecule has 29 heavy (non-hydrogen) atoms. The average Bonchev–Trinajstić information content (AvgIpc) is 2.70. The molecule has 3 N–H and O–H groups in total. The van der Waals surface area contributed by atoms with Crippen LogP contribution in [0.25, 0.3) is 6.08 Å². The third-order valence-corrected chi connectivity index (χ3v) is 4.32. The number of rotatable bonds is 6. The van der Waals surface area contributed by atoms with Crippen LogP contribution in [0.3, 0.4) is 0 Å². The molecule has 0 atom stereocenters. The number of thiocarbonyl (C=S) groups is 1. The SMILES string of the molecule is CC(C)c1ccccc1OCC(=O)NNC(=S)NC(=O)C=Cc1ccccc1Cl. The van der Waals surface area contributed by atoms with Crippen LogP contribution in [0.4, 0.5) is 0 Å². The van der Waals surface area contributed by atoms with Gasteiger partial charge in [-0.05, 0) is 47.5 Å². The maximum Gasteiger partial charge on any atom is 0.276 e. The highest BCUT2D eigenvalue weighted by Gasteiger charge is 2.09. The van der Waals surface area contributed by atoms with E-state index in [0.717, 1.165) is 5.56 Å². The van der Waals surface area contributed by atoms with E-state index in [1.807, 2.05) is 44.2 Å². The van der Waals surface area contributed by atoms with Gasteiger partial charge in [-0.25, -0.2) is 0 Å². The van der Waals surface area contributed by atoms with Gasteiger partial charge in [0.1, 0.15) is 5.75 Å². The molecule has 0 fully saturated rings. The molecule has 0 aliphatic rings. The van der Waals surface area contributed by atoms with Gasteiger partial charge in [0.25, 0.3) is 5.91 Å². The maximum atomic E-state index is 11.9. The third-order valence-electron chi connectivity index (χ3n) is 3.77. The molecule has 0 radical (unpaired) electrons. The minimum atomic E-state index is -0.459. The molecule has 0 bridgehead atoms. The van der Waals surface area contributed by atoms with Crippen LogP contribution < -0.4 is 20.9 Å². The van der Waals surface area contributed by atoms with Crippen molar-refractivity contribution in [3.8, 4) is 5.75 Å². The van der Waals surface area contributed by atoms with Crippen molar-refractivity contribution in [3.05, 3.63) is 70.8 Å². The highest BCUT2D eigenvalue weighted by molar-refractivity contribution is 7.80. The molecule has 0 saturated carbocycles. The monoisotopic (exact) mass is 431 g/mol. The molecule has 2 aromatic rings. The Morgan fingerprint density at radius 2 is 1.79 bits per heavy atom. The second kappa shape index (κ2) is 11.2. The summed E-state index contributed by atoms with van der Waals surface area (Å²) in [6, 6.07) is 14.6. The van der Waals surface area contributed by atoms with Gasteiger partial charge in [0, 0.05) is 11.1 Å². The predicted molar refractivity (Wildman–Crippen MR) is 119 cm³/mol. The van der Waals surface area contributed by atoms with E-state index in [1.165, 1.54) is 6.08 Å². The van der Waals surface area contributed by atoms with Crippen molar-refractivity contribution < 1.29 is 14.3 Å². The van der Waals surface area contributed by atoms with E-state index in [9.17, 15) is 9.59 Å². The van der Waals surface area contributed by atoms with Crippen molar-refractivity contribution in [1.82, 2.24) is 16.2 Å². The van der Waals surface area contributed by atoms with Crippen LogP contribution in [0.5, 0.6) is 5.75 Å². The molecule has 0 aliphatic carbocycles. The number of carbonyl (C=O) groups excluding carboxylic acids is 2. The minimum Gasteiger partial charge on any atom is -0.483 e. The van der Waals surface area contributed by atoms with E-state index in [-0.39, 0.29) is 17.6 Å². The van der Waals surface area contributed by atoms with Crippen molar-refractivity contribution in [2.24, 2.45) is 0 Å². The number of ether oxygens (including phenoxy) is 1. The van der Waals surface area contributed by atoms with Crippen molar-refractivity contribution >= 4 is 46.8 Å². The Bertz CT molecular complexity index is 916. The second-order valence-corrected chi connectivity index (χ2v) is 7.14. The van der Waals surface area contributed by atoms with Gasteiger partial charge in [-0.15, -0.1) is 0 Å². The maximum absolute atomic E-state index is 11.9. The molecular weight excluding hydrogens is 410 g/mol. The molecular formula is C21H22ClN3O3S. The lowest BCUT2D eigenvalue weighted by atomic mass is 10.0. The fourth-order valence-corrected chi connectivity index (χ4v) is 2.71. The summed E-state index contributed by atoms with van der Waals surface area (Å²) in [7, 11) is 0. The topological polar surface area (TPSA) is 79.5 Å².